The smallest absolute Gasteiger partial charge is 0.188 e. The summed E-state index contributed by atoms with van der Waals surface area (Å²) < 4.78 is 0. The van der Waals surface area contributed by atoms with Gasteiger partial charge in [0.1, 0.15) is 0 Å². The standard InChI is InChI=1S/C14H10N6/c1-12-3-2-10(14(12,7-18)8-19)13(5-16,6-17)11(20)9(12)4-15/h10H,2-3,20H2,1H3. The minimum atomic E-state index is -1.79. The van der Waals surface area contributed by atoms with Crippen LogP contribution < -0.4 is 5.73 Å². The molecular formula is C14H10N6. The van der Waals surface area contributed by atoms with Gasteiger partial charge in [0, 0.05) is 11.3 Å². The van der Waals surface area contributed by atoms with E-state index in [1.807, 2.05) is 30.3 Å². The maximum atomic E-state index is 9.55. The first kappa shape index (κ1) is 13.4. The maximum Gasteiger partial charge on any atom is 0.188 e. The summed E-state index contributed by atoms with van der Waals surface area (Å²) >= 11 is 0. The van der Waals surface area contributed by atoms with Gasteiger partial charge in [-0.25, -0.2) is 0 Å². The highest BCUT2D eigenvalue weighted by Crippen LogP contribution is 2.68. The van der Waals surface area contributed by atoms with Gasteiger partial charge in [0.15, 0.2) is 10.8 Å². The Bertz CT molecular complexity index is 698. The molecule has 6 nitrogen and oxygen atoms in total. The third-order valence-electron chi connectivity index (χ3n) is 4.91. The quantitative estimate of drug-likeness (QED) is 0.694. The van der Waals surface area contributed by atoms with E-state index in [1.165, 1.54) is 0 Å². The van der Waals surface area contributed by atoms with Gasteiger partial charge in [0.05, 0.1) is 41.6 Å². The highest BCUT2D eigenvalue weighted by atomic mass is 14.8. The van der Waals surface area contributed by atoms with Crippen molar-refractivity contribution < 1.29 is 0 Å². The Balaban J connectivity index is 2.99. The third-order valence-corrected chi connectivity index (χ3v) is 4.91. The summed E-state index contributed by atoms with van der Waals surface area (Å²) in [6.45, 7) is 1.64. The van der Waals surface area contributed by atoms with Crippen LogP contribution in [0.25, 0.3) is 0 Å². The molecule has 1 fully saturated rings. The maximum absolute atomic E-state index is 9.55. The molecule has 0 aromatic carbocycles. The van der Waals surface area contributed by atoms with E-state index in [2.05, 4.69) is 0 Å². The molecule has 0 aromatic rings. The van der Waals surface area contributed by atoms with Crippen molar-refractivity contribution in [3.05, 3.63) is 11.3 Å². The molecule has 1 saturated carbocycles. The van der Waals surface area contributed by atoms with E-state index in [9.17, 15) is 26.3 Å². The summed E-state index contributed by atoms with van der Waals surface area (Å²) in [4.78, 5) is 0. The minimum absolute atomic E-state index is 0.0254. The number of fused-ring (bicyclic) bond motifs is 2. The first-order valence-electron chi connectivity index (χ1n) is 6.00. The van der Waals surface area contributed by atoms with Crippen molar-refractivity contribution in [2.75, 3.05) is 0 Å². The summed E-state index contributed by atoms with van der Waals surface area (Å²) in [6, 6.07) is 9.57. The average molecular weight is 262 g/mol. The molecule has 0 saturated heterocycles. The van der Waals surface area contributed by atoms with E-state index < -0.39 is 22.2 Å². The summed E-state index contributed by atoms with van der Waals surface area (Å²) in [5.41, 5.74) is 1.45. The molecule has 0 heterocycles. The van der Waals surface area contributed by atoms with Crippen LogP contribution in [0.4, 0.5) is 0 Å². The number of nitriles is 5. The molecule has 2 N–H and O–H groups in total. The first-order valence-corrected chi connectivity index (χ1v) is 6.00. The van der Waals surface area contributed by atoms with Crippen LogP contribution in [0.5, 0.6) is 0 Å². The van der Waals surface area contributed by atoms with Crippen molar-refractivity contribution in [3.8, 4) is 30.3 Å². The largest absolute Gasteiger partial charge is 0.399 e. The van der Waals surface area contributed by atoms with E-state index in [1.54, 1.807) is 6.92 Å². The fraction of sp³-hybridized carbons (Fsp3) is 0.500. The predicted molar refractivity (Wildman–Crippen MR) is 65.0 cm³/mol. The van der Waals surface area contributed by atoms with Gasteiger partial charge in [-0.05, 0) is 12.8 Å². The lowest BCUT2D eigenvalue weighted by Crippen LogP contribution is -2.52. The molecule has 0 spiro atoms. The summed E-state index contributed by atoms with van der Waals surface area (Å²) in [5, 5.41) is 47.3. The van der Waals surface area contributed by atoms with Crippen LogP contribution in [-0.4, -0.2) is 0 Å². The van der Waals surface area contributed by atoms with Gasteiger partial charge in [0.2, 0.25) is 0 Å². The summed E-state index contributed by atoms with van der Waals surface area (Å²) in [6.07, 6.45) is 0.720. The molecular weight excluding hydrogens is 252 g/mol. The van der Waals surface area contributed by atoms with Gasteiger partial charge < -0.3 is 5.73 Å². The predicted octanol–water partition coefficient (Wildman–Crippen LogP) is 1.22. The van der Waals surface area contributed by atoms with Crippen LogP contribution in [0, 0.1) is 78.8 Å². The Labute approximate surface area is 116 Å². The van der Waals surface area contributed by atoms with Crippen molar-refractivity contribution in [3.63, 3.8) is 0 Å². The Morgan fingerprint density at radius 3 is 2.00 bits per heavy atom. The second-order valence-corrected chi connectivity index (χ2v) is 5.39. The van der Waals surface area contributed by atoms with E-state index in [4.69, 9.17) is 5.73 Å². The number of hydrogen-bond donors (Lipinski definition) is 1. The van der Waals surface area contributed by atoms with E-state index in [-0.39, 0.29) is 11.3 Å². The number of rotatable bonds is 0. The van der Waals surface area contributed by atoms with E-state index >= 15 is 0 Å². The van der Waals surface area contributed by atoms with Gasteiger partial charge in [-0.1, -0.05) is 6.92 Å². The van der Waals surface area contributed by atoms with Gasteiger partial charge in [-0.3, -0.25) is 0 Å². The zero-order valence-corrected chi connectivity index (χ0v) is 10.8. The first-order chi connectivity index (χ1) is 9.44. The molecule has 0 aromatic heterocycles. The summed E-state index contributed by atoms with van der Waals surface area (Å²) in [7, 11) is 0. The second kappa shape index (κ2) is 3.74. The fourth-order valence-corrected chi connectivity index (χ4v) is 3.69. The van der Waals surface area contributed by atoms with Gasteiger partial charge in [0.25, 0.3) is 0 Å². The van der Waals surface area contributed by atoms with Crippen LogP contribution >= 0.6 is 0 Å². The molecule has 2 aliphatic carbocycles. The molecule has 0 aliphatic heterocycles. The van der Waals surface area contributed by atoms with Crippen molar-refractivity contribution in [2.45, 2.75) is 19.8 Å². The van der Waals surface area contributed by atoms with Gasteiger partial charge >= 0.3 is 0 Å². The lowest BCUT2D eigenvalue weighted by molar-refractivity contribution is 0.151. The molecule has 0 amide bonds. The molecule has 0 radical (unpaired) electrons. The van der Waals surface area contributed by atoms with E-state index in [0.717, 1.165) is 0 Å². The molecule has 96 valence electrons. The molecule has 2 unspecified atom stereocenters. The van der Waals surface area contributed by atoms with Gasteiger partial charge in [-0.2, -0.15) is 26.3 Å². The Morgan fingerprint density at radius 1 is 1.05 bits per heavy atom. The van der Waals surface area contributed by atoms with Crippen LogP contribution in [0.1, 0.15) is 19.8 Å². The Morgan fingerprint density at radius 2 is 1.60 bits per heavy atom. The normalized spacial score (nSPS) is 32.1. The van der Waals surface area contributed by atoms with Crippen LogP contribution in [0.15, 0.2) is 11.3 Å². The zero-order chi connectivity index (χ0) is 15.2. The Kier molecular flexibility index (Phi) is 2.51. The SMILES string of the molecule is CC12CCC(C(C#N)(C#N)C(N)=C1C#N)C2(C#N)C#N. The number of hydrogen-bond acceptors (Lipinski definition) is 6. The lowest BCUT2D eigenvalue weighted by atomic mass is 9.51. The van der Waals surface area contributed by atoms with Crippen molar-refractivity contribution >= 4 is 0 Å². The Hall–Kier alpha value is -3.01. The van der Waals surface area contributed by atoms with Crippen LogP contribution in [-0.2, 0) is 0 Å². The number of allylic oxidation sites excluding steroid dienone is 2. The number of nitrogens with zero attached hydrogens (tertiary/aromatic N) is 5. The molecule has 2 aliphatic rings. The molecule has 20 heavy (non-hydrogen) atoms. The van der Waals surface area contributed by atoms with E-state index in [0.29, 0.717) is 12.8 Å². The summed E-state index contributed by atoms with van der Waals surface area (Å²) in [5.74, 6) is -0.804. The third kappa shape index (κ3) is 1.01. The minimum Gasteiger partial charge on any atom is -0.399 e. The molecule has 2 rings (SSSR count). The lowest BCUT2D eigenvalue weighted by Gasteiger charge is -2.45. The van der Waals surface area contributed by atoms with Crippen molar-refractivity contribution in [1.29, 1.82) is 26.3 Å². The molecule has 6 heteroatoms. The van der Waals surface area contributed by atoms with Gasteiger partial charge in [-0.15, -0.1) is 0 Å². The highest BCUT2D eigenvalue weighted by molar-refractivity contribution is 5.55. The van der Waals surface area contributed by atoms with Crippen LogP contribution in [0.2, 0.25) is 0 Å². The zero-order valence-electron chi connectivity index (χ0n) is 10.8. The average Bonchev–Trinajstić information content (AvgIpc) is 2.71. The second-order valence-electron chi connectivity index (χ2n) is 5.39. The topological polar surface area (TPSA) is 145 Å². The monoisotopic (exact) mass is 262 g/mol. The fourth-order valence-electron chi connectivity index (χ4n) is 3.69. The molecule has 2 atom stereocenters. The molecule has 2 bridgehead atoms. The van der Waals surface area contributed by atoms with Crippen molar-refractivity contribution in [1.82, 2.24) is 0 Å². The number of nitrogens with two attached hydrogens (primary N) is 1. The highest BCUT2D eigenvalue weighted by Gasteiger charge is 2.72. The van der Waals surface area contributed by atoms with Crippen molar-refractivity contribution in [2.24, 2.45) is 27.9 Å². The van der Waals surface area contributed by atoms with Crippen LogP contribution in [0.3, 0.4) is 0 Å².